The first kappa shape index (κ1) is 16.2. The summed E-state index contributed by atoms with van der Waals surface area (Å²) in [7, 11) is 0. The Kier molecular flexibility index (Phi) is 4.05. The van der Waals surface area contributed by atoms with Gasteiger partial charge in [-0.2, -0.15) is 4.98 Å². The SMILES string of the molecule is O=C(NCc1nc(-c2cccs2)no1)c1cc2ccc(F)cc2[nH]c1=O. The maximum atomic E-state index is 13.2. The summed E-state index contributed by atoms with van der Waals surface area (Å²) in [5.74, 6) is -0.396. The zero-order valence-corrected chi connectivity index (χ0v) is 14.0. The monoisotopic (exact) mass is 370 g/mol. The molecule has 0 unspecified atom stereocenters. The molecule has 0 radical (unpaired) electrons. The minimum Gasteiger partial charge on any atom is -0.343 e. The predicted molar refractivity (Wildman–Crippen MR) is 93.3 cm³/mol. The molecule has 9 heteroatoms. The number of thiophene rings is 1. The molecule has 0 aliphatic heterocycles. The second-order valence-electron chi connectivity index (χ2n) is 5.42. The smallest absolute Gasteiger partial charge is 0.261 e. The van der Waals surface area contributed by atoms with Crippen LogP contribution < -0.4 is 10.9 Å². The number of carbonyl (C=O) groups is 1. The van der Waals surface area contributed by atoms with Gasteiger partial charge in [0.05, 0.1) is 16.9 Å². The number of pyridine rings is 1. The molecule has 0 atom stereocenters. The Labute approximate surface area is 149 Å². The molecule has 26 heavy (non-hydrogen) atoms. The normalized spacial score (nSPS) is 11.0. The van der Waals surface area contributed by atoms with Crippen LogP contribution in [0.4, 0.5) is 4.39 Å². The van der Waals surface area contributed by atoms with E-state index in [4.69, 9.17) is 4.52 Å². The fraction of sp³-hybridized carbons (Fsp3) is 0.0588. The van der Waals surface area contributed by atoms with Crippen molar-refractivity contribution in [2.45, 2.75) is 6.54 Å². The highest BCUT2D eigenvalue weighted by molar-refractivity contribution is 7.13. The highest BCUT2D eigenvalue weighted by atomic mass is 32.1. The van der Waals surface area contributed by atoms with E-state index in [1.54, 1.807) is 0 Å². The van der Waals surface area contributed by atoms with Crippen molar-refractivity contribution >= 4 is 28.1 Å². The first-order valence-electron chi connectivity index (χ1n) is 7.57. The van der Waals surface area contributed by atoms with E-state index in [0.717, 1.165) is 4.88 Å². The molecule has 4 rings (SSSR count). The standard InChI is InChI=1S/C17H11FN4O3S/c18-10-4-3-9-6-11(17(24)20-12(9)7-10)16(23)19-8-14-21-15(22-25-14)13-2-1-5-26-13/h1-7H,8H2,(H,19,23)(H,20,24). The molecule has 0 aliphatic rings. The van der Waals surface area contributed by atoms with E-state index in [9.17, 15) is 14.0 Å². The van der Waals surface area contributed by atoms with Crippen molar-refractivity contribution in [1.82, 2.24) is 20.4 Å². The molecule has 130 valence electrons. The van der Waals surface area contributed by atoms with E-state index in [1.165, 1.54) is 35.6 Å². The van der Waals surface area contributed by atoms with Crippen molar-refractivity contribution in [2.24, 2.45) is 0 Å². The Morgan fingerprint density at radius 3 is 3.00 bits per heavy atom. The molecule has 0 aliphatic carbocycles. The van der Waals surface area contributed by atoms with Gasteiger partial charge < -0.3 is 14.8 Å². The number of benzene rings is 1. The Morgan fingerprint density at radius 1 is 1.31 bits per heavy atom. The number of aromatic nitrogens is 3. The first-order valence-corrected chi connectivity index (χ1v) is 8.45. The van der Waals surface area contributed by atoms with E-state index in [2.05, 4.69) is 20.4 Å². The molecule has 0 saturated carbocycles. The van der Waals surface area contributed by atoms with Crippen molar-refractivity contribution in [3.05, 3.63) is 69.4 Å². The minimum atomic E-state index is -0.606. The van der Waals surface area contributed by atoms with Crippen LogP contribution in [-0.2, 0) is 6.54 Å². The van der Waals surface area contributed by atoms with Crippen molar-refractivity contribution < 1.29 is 13.7 Å². The number of amides is 1. The predicted octanol–water partition coefficient (Wildman–Crippen LogP) is 2.71. The number of rotatable bonds is 4. The molecular weight excluding hydrogens is 359 g/mol. The largest absolute Gasteiger partial charge is 0.343 e. The van der Waals surface area contributed by atoms with Gasteiger partial charge in [0.2, 0.25) is 11.7 Å². The second-order valence-corrected chi connectivity index (χ2v) is 6.36. The summed E-state index contributed by atoms with van der Waals surface area (Å²) in [4.78, 5) is 31.9. The fourth-order valence-electron chi connectivity index (χ4n) is 2.43. The van der Waals surface area contributed by atoms with Gasteiger partial charge in [-0.3, -0.25) is 9.59 Å². The molecule has 0 fully saturated rings. The van der Waals surface area contributed by atoms with Gasteiger partial charge in [-0.15, -0.1) is 11.3 Å². The van der Waals surface area contributed by atoms with Crippen LogP contribution in [0.1, 0.15) is 16.2 Å². The maximum absolute atomic E-state index is 13.2. The Bertz CT molecular complexity index is 1150. The van der Waals surface area contributed by atoms with Gasteiger partial charge in [-0.1, -0.05) is 11.2 Å². The van der Waals surface area contributed by atoms with E-state index < -0.39 is 17.3 Å². The van der Waals surface area contributed by atoms with Gasteiger partial charge in [0.1, 0.15) is 11.4 Å². The van der Waals surface area contributed by atoms with Crippen LogP contribution in [0.15, 0.2) is 51.1 Å². The van der Waals surface area contributed by atoms with Gasteiger partial charge in [0.25, 0.3) is 11.5 Å². The van der Waals surface area contributed by atoms with Gasteiger partial charge in [0.15, 0.2) is 0 Å². The average Bonchev–Trinajstić information content (AvgIpc) is 3.30. The number of nitrogens with zero attached hydrogens (tertiary/aromatic N) is 2. The van der Waals surface area contributed by atoms with Crippen LogP contribution in [0, 0.1) is 5.82 Å². The molecule has 0 saturated heterocycles. The lowest BCUT2D eigenvalue weighted by Gasteiger charge is -2.04. The number of nitrogens with one attached hydrogen (secondary N) is 2. The quantitative estimate of drug-likeness (QED) is 0.575. The summed E-state index contributed by atoms with van der Waals surface area (Å²) in [5, 5.41) is 8.85. The zero-order valence-electron chi connectivity index (χ0n) is 13.2. The van der Waals surface area contributed by atoms with E-state index in [0.29, 0.717) is 16.7 Å². The Balaban J connectivity index is 1.52. The van der Waals surface area contributed by atoms with Gasteiger partial charge in [-0.25, -0.2) is 4.39 Å². The van der Waals surface area contributed by atoms with Crippen LogP contribution in [-0.4, -0.2) is 21.0 Å². The molecular formula is C17H11FN4O3S. The molecule has 0 spiro atoms. The third kappa shape index (κ3) is 3.11. The fourth-order valence-corrected chi connectivity index (χ4v) is 3.07. The number of H-pyrrole nitrogens is 1. The molecule has 1 aromatic carbocycles. The summed E-state index contributed by atoms with van der Waals surface area (Å²) >= 11 is 1.47. The van der Waals surface area contributed by atoms with E-state index >= 15 is 0 Å². The minimum absolute atomic E-state index is 0.0158. The van der Waals surface area contributed by atoms with Crippen molar-refractivity contribution in [2.75, 3.05) is 0 Å². The van der Waals surface area contributed by atoms with Gasteiger partial charge >= 0.3 is 0 Å². The lowest BCUT2D eigenvalue weighted by atomic mass is 10.1. The number of fused-ring (bicyclic) bond motifs is 1. The molecule has 7 nitrogen and oxygen atoms in total. The Hall–Kier alpha value is -3.33. The second kappa shape index (κ2) is 6.52. The molecule has 3 aromatic heterocycles. The molecule has 0 bridgehead atoms. The third-order valence-corrected chi connectivity index (χ3v) is 4.53. The zero-order chi connectivity index (χ0) is 18.1. The number of hydrogen-bond acceptors (Lipinski definition) is 6. The highest BCUT2D eigenvalue weighted by Crippen LogP contribution is 2.21. The number of halogens is 1. The number of hydrogen-bond donors (Lipinski definition) is 2. The first-order chi connectivity index (χ1) is 12.6. The van der Waals surface area contributed by atoms with Crippen molar-refractivity contribution in [3.8, 4) is 10.7 Å². The lowest BCUT2D eigenvalue weighted by Crippen LogP contribution is -2.29. The van der Waals surface area contributed by atoms with Crippen LogP contribution in [0.3, 0.4) is 0 Å². The molecule has 4 aromatic rings. The van der Waals surface area contributed by atoms with Crippen molar-refractivity contribution in [1.29, 1.82) is 0 Å². The lowest BCUT2D eigenvalue weighted by molar-refractivity contribution is 0.0945. The van der Waals surface area contributed by atoms with Crippen LogP contribution in [0.2, 0.25) is 0 Å². The number of aromatic amines is 1. The van der Waals surface area contributed by atoms with Gasteiger partial charge in [-0.05, 0) is 41.1 Å². The summed E-state index contributed by atoms with van der Waals surface area (Å²) in [6, 6.07) is 9.08. The number of carbonyl (C=O) groups excluding carboxylic acids is 1. The molecule has 1 amide bonds. The van der Waals surface area contributed by atoms with Crippen LogP contribution in [0.25, 0.3) is 21.6 Å². The summed E-state index contributed by atoms with van der Waals surface area (Å²) in [6.07, 6.45) is 0. The summed E-state index contributed by atoms with van der Waals surface area (Å²) < 4.78 is 18.3. The van der Waals surface area contributed by atoms with Crippen LogP contribution >= 0.6 is 11.3 Å². The third-order valence-electron chi connectivity index (χ3n) is 3.66. The molecule has 3 heterocycles. The average molecular weight is 370 g/mol. The molecule has 2 N–H and O–H groups in total. The highest BCUT2D eigenvalue weighted by Gasteiger charge is 2.14. The maximum Gasteiger partial charge on any atom is 0.261 e. The van der Waals surface area contributed by atoms with E-state index in [-0.39, 0.29) is 18.0 Å². The Morgan fingerprint density at radius 2 is 2.19 bits per heavy atom. The topological polar surface area (TPSA) is 101 Å². The van der Waals surface area contributed by atoms with Crippen LogP contribution in [0.5, 0.6) is 0 Å². The summed E-state index contributed by atoms with van der Waals surface area (Å²) in [5.41, 5.74) is -0.364. The summed E-state index contributed by atoms with van der Waals surface area (Å²) in [6.45, 7) is -0.0158. The van der Waals surface area contributed by atoms with Crippen molar-refractivity contribution in [3.63, 3.8) is 0 Å². The van der Waals surface area contributed by atoms with Gasteiger partial charge in [0, 0.05) is 0 Å². The van der Waals surface area contributed by atoms with E-state index in [1.807, 2.05) is 17.5 Å².